The summed E-state index contributed by atoms with van der Waals surface area (Å²) in [7, 11) is 0. The van der Waals surface area contributed by atoms with Crippen LogP contribution in [0.25, 0.3) is 0 Å². The van der Waals surface area contributed by atoms with Gasteiger partial charge in [0.1, 0.15) is 5.82 Å². The maximum absolute atomic E-state index is 8.96. The molecular formula is C14H26N4O. The zero-order valence-electron chi connectivity index (χ0n) is 12.2. The quantitative estimate of drug-likeness (QED) is 0.599. The lowest BCUT2D eigenvalue weighted by Gasteiger charge is -2.11. The minimum absolute atomic E-state index is 0.262. The summed E-state index contributed by atoms with van der Waals surface area (Å²) in [6.45, 7) is 8.19. The number of hydrogen-bond acceptors (Lipinski definition) is 5. The van der Waals surface area contributed by atoms with Crippen molar-refractivity contribution < 1.29 is 5.11 Å². The highest BCUT2D eigenvalue weighted by atomic mass is 16.3. The van der Waals surface area contributed by atoms with Crippen molar-refractivity contribution in [3.8, 4) is 0 Å². The Morgan fingerprint density at radius 1 is 1.32 bits per heavy atom. The van der Waals surface area contributed by atoms with Gasteiger partial charge in [-0.25, -0.2) is 4.98 Å². The van der Waals surface area contributed by atoms with Crippen LogP contribution in [0.5, 0.6) is 0 Å². The molecule has 0 saturated heterocycles. The fourth-order valence-electron chi connectivity index (χ4n) is 1.69. The average molecular weight is 266 g/mol. The van der Waals surface area contributed by atoms with Crippen molar-refractivity contribution in [1.82, 2.24) is 9.97 Å². The van der Waals surface area contributed by atoms with Crippen LogP contribution in [0.3, 0.4) is 0 Å². The molecule has 0 saturated carbocycles. The summed E-state index contributed by atoms with van der Waals surface area (Å²) in [6, 6.07) is 0. The highest BCUT2D eigenvalue weighted by Gasteiger charge is 2.04. The second-order valence-electron chi connectivity index (χ2n) is 5.01. The summed E-state index contributed by atoms with van der Waals surface area (Å²) in [4.78, 5) is 8.71. The van der Waals surface area contributed by atoms with Gasteiger partial charge >= 0.3 is 0 Å². The molecule has 5 heteroatoms. The molecule has 1 atom stereocenters. The summed E-state index contributed by atoms with van der Waals surface area (Å²) in [6.07, 6.45) is 4.94. The SMILES string of the molecule is CCCNc1ncc(C)c(NCCCC(C)CO)n1. The highest BCUT2D eigenvalue weighted by Crippen LogP contribution is 2.13. The highest BCUT2D eigenvalue weighted by molar-refractivity contribution is 5.46. The smallest absolute Gasteiger partial charge is 0.224 e. The van der Waals surface area contributed by atoms with Gasteiger partial charge in [0.15, 0.2) is 0 Å². The van der Waals surface area contributed by atoms with E-state index in [-0.39, 0.29) is 6.61 Å². The fraction of sp³-hybridized carbons (Fsp3) is 0.714. The molecular weight excluding hydrogens is 240 g/mol. The first-order chi connectivity index (χ1) is 9.17. The van der Waals surface area contributed by atoms with E-state index in [9.17, 15) is 0 Å². The van der Waals surface area contributed by atoms with E-state index in [0.29, 0.717) is 11.9 Å². The molecule has 1 unspecified atom stereocenters. The molecule has 108 valence electrons. The molecule has 1 rings (SSSR count). The topological polar surface area (TPSA) is 70.1 Å². The minimum Gasteiger partial charge on any atom is -0.396 e. The number of aromatic nitrogens is 2. The van der Waals surface area contributed by atoms with Crippen molar-refractivity contribution >= 4 is 11.8 Å². The zero-order valence-corrected chi connectivity index (χ0v) is 12.2. The number of aryl methyl sites for hydroxylation is 1. The average Bonchev–Trinajstić information content (AvgIpc) is 2.43. The van der Waals surface area contributed by atoms with E-state index in [1.165, 1.54) is 0 Å². The molecule has 0 amide bonds. The predicted octanol–water partition coefficient (Wildman–Crippen LogP) is 2.43. The Labute approximate surface area is 115 Å². The normalized spacial score (nSPS) is 12.2. The van der Waals surface area contributed by atoms with Crippen LogP contribution in [0.2, 0.25) is 0 Å². The first kappa shape index (κ1) is 15.7. The molecule has 3 N–H and O–H groups in total. The molecule has 1 aromatic rings. The third-order valence-corrected chi connectivity index (χ3v) is 2.98. The molecule has 1 aromatic heterocycles. The van der Waals surface area contributed by atoms with Crippen molar-refractivity contribution in [3.05, 3.63) is 11.8 Å². The van der Waals surface area contributed by atoms with E-state index in [1.54, 1.807) is 0 Å². The molecule has 0 aliphatic heterocycles. The molecule has 19 heavy (non-hydrogen) atoms. The number of hydrogen-bond donors (Lipinski definition) is 3. The van der Waals surface area contributed by atoms with Crippen molar-refractivity contribution in [2.45, 2.75) is 40.0 Å². The first-order valence-electron chi connectivity index (χ1n) is 7.09. The molecule has 0 spiro atoms. The zero-order chi connectivity index (χ0) is 14.1. The molecule has 0 radical (unpaired) electrons. The Bertz CT molecular complexity index is 370. The third-order valence-electron chi connectivity index (χ3n) is 2.98. The van der Waals surface area contributed by atoms with Crippen LogP contribution in [0, 0.1) is 12.8 Å². The molecule has 0 bridgehead atoms. The molecule has 0 aliphatic carbocycles. The van der Waals surface area contributed by atoms with E-state index >= 15 is 0 Å². The van der Waals surface area contributed by atoms with Crippen LogP contribution < -0.4 is 10.6 Å². The van der Waals surface area contributed by atoms with Gasteiger partial charge in [0, 0.05) is 31.5 Å². The third kappa shape index (κ3) is 5.87. The van der Waals surface area contributed by atoms with E-state index in [2.05, 4.69) is 34.4 Å². The Morgan fingerprint density at radius 3 is 2.79 bits per heavy atom. The van der Waals surface area contributed by atoms with Crippen LogP contribution in [0.4, 0.5) is 11.8 Å². The van der Waals surface area contributed by atoms with Crippen LogP contribution in [0.1, 0.15) is 38.7 Å². The van der Waals surface area contributed by atoms with Gasteiger partial charge in [-0.15, -0.1) is 0 Å². The van der Waals surface area contributed by atoms with Crippen LogP contribution in [-0.4, -0.2) is 34.8 Å². The first-order valence-corrected chi connectivity index (χ1v) is 7.09. The number of anilines is 2. The standard InChI is InChI=1S/C14H26N4O/c1-4-7-16-14-17-9-12(3)13(18-14)15-8-5-6-11(2)10-19/h9,11,19H,4-8,10H2,1-3H3,(H2,15,16,17,18). The van der Waals surface area contributed by atoms with Crippen molar-refractivity contribution in [3.63, 3.8) is 0 Å². The van der Waals surface area contributed by atoms with Gasteiger partial charge in [0.25, 0.3) is 0 Å². The van der Waals surface area contributed by atoms with Gasteiger partial charge in [-0.2, -0.15) is 4.98 Å². The van der Waals surface area contributed by atoms with Crippen LogP contribution >= 0.6 is 0 Å². The number of aliphatic hydroxyl groups excluding tert-OH is 1. The van der Waals surface area contributed by atoms with E-state index in [0.717, 1.165) is 43.7 Å². The van der Waals surface area contributed by atoms with Gasteiger partial charge in [-0.05, 0) is 32.1 Å². The number of rotatable bonds is 9. The fourth-order valence-corrected chi connectivity index (χ4v) is 1.69. The lowest BCUT2D eigenvalue weighted by molar-refractivity contribution is 0.229. The summed E-state index contributed by atoms with van der Waals surface area (Å²) in [5.74, 6) is 1.94. The summed E-state index contributed by atoms with van der Waals surface area (Å²) >= 11 is 0. The molecule has 5 nitrogen and oxygen atoms in total. The molecule has 0 aromatic carbocycles. The minimum atomic E-state index is 0.262. The maximum Gasteiger partial charge on any atom is 0.224 e. The Morgan fingerprint density at radius 2 is 2.11 bits per heavy atom. The van der Waals surface area contributed by atoms with Gasteiger partial charge in [0.05, 0.1) is 0 Å². The van der Waals surface area contributed by atoms with Gasteiger partial charge in [-0.3, -0.25) is 0 Å². The maximum atomic E-state index is 8.96. The van der Waals surface area contributed by atoms with E-state index in [1.807, 2.05) is 13.1 Å². The molecule has 0 fully saturated rings. The van der Waals surface area contributed by atoms with Gasteiger partial charge < -0.3 is 15.7 Å². The van der Waals surface area contributed by atoms with Crippen molar-refractivity contribution in [1.29, 1.82) is 0 Å². The predicted molar refractivity (Wildman–Crippen MR) is 79.5 cm³/mol. The van der Waals surface area contributed by atoms with E-state index in [4.69, 9.17) is 5.11 Å². The summed E-state index contributed by atoms with van der Waals surface area (Å²) in [5.41, 5.74) is 1.05. The molecule has 1 heterocycles. The Balaban J connectivity index is 2.43. The Hall–Kier alpha value is -1.36. The van der Waals surface area contributed by atoms with Gasteiger partial charge in [0.2, 0.25) is 5.95 Å². The second-order valence-corrected chi connectivity index (χ2v) is 5.01. The van der Waals surface area contributed by atoms with Crippen molar-refractivity contribution in [2.24, 2.45) is 5.92 Å². The summed E-state index contributed by atoms with van der Waals surface area (Å²) in [5, 5.41) is 15.5. The number of nitrogens with one attached hydrogen (secondary N) is 2. The lowest BCUT2D eigenvalue weighted by Crippen LogP contribution is -2.11. The van der Waals surface area contributed by atoms with Crippen LogP contribution in [-0.2, 0) is 0 Å². The lowest BCUT2D eigenvalue weighted by atomic mass is 10.1. The largest absolute Gasteiger partial charge is 0.396 e. The molecule has 0 aliphatic rings. The number of nitrogens with zero attached hydrogens (tertiary/aromatic N) is 2. The summed E-state index contributed by atoms with van der Waals surface area (Å²) < 4.78 is 0. The number of aliphatic hydroxyl groups is 1. The van der Waals surface area contributed by atoms with Gasteiger partial charge in [-0.1, -0.05) is 13.8 Å². The van der Waals surface area contributed by atoms with Crippen molar-refractivity contribution in [2.75, 3.05) is 30.3 Å². The van der Waals surface area contributed by atoms with E-state index < -0.39 is 0 Å². The Kier molecular flexibility index (Phi) is 7.18. The van der Waals surface area contributed by atoms with Crippen LogP contribution in [0.15, 0.2) is 6.20 Å². The second kappa shape index (κ2) is 8.69. The monoisotopic (exact) mass is 266 g/mol.